The zero-order valence-corrected chi connectivity index (χ0v) is 11.4. The quantitative estimate of drug-likeness (QED) is 0.884. The van der Waals surface area contributed by atoms with E-state index in [1.54, 1.807) is 12.1 Å². The van der Waals surface area contributed by atoms with Gasteiger partial charge < -0.3 is 11.1 Å². The highest BCUT2D eigenvalue weighted by molar-refractivity contribution is 6.33. The number of carbonyl (C=O) groups is 1. The first-order chi connectivity index (χ1) is 8.56. The van der Waals surface area contributed by atoms with Crippen molar-refractivity contribution in [1.82, 2.24) is 5.32 Å². The molecule has 1 saturated carbocycles. The van der Waals surface area contributed by atoms with Crippen molar-refractivity contribution in [1.29, 1.82) is 0 Å². The Morgan fingerprint density at radius 3 is 2.67 bits per heavy atom. The number of aryl methyl sites for hydroxylation is 1. The molecular weight excluding hydrogens is 248 g/mol. The van der Waals surface area contributed by atoms with Crippen LogP contribution in [0.2, 0.25) is 5.02 Å². The molecule has 4 heteroatoms. The Bertz CT molecular complexity index is 453. The van der Waals surface area contributed by atoms with Gasteiger partial charge in [-0.1, -0.05) is 30.5 Å². The van der Waals surface area contributed by atoms with Gasteiger partial charge in [0.15, 0.2) is 0 Å². The fourth-order valence-electron chi connectivity index (χ4n) is 2.54. The molecule has 0 spiro atoms. The van der Waals surface area contributed by atoms with Gasteiger partial charge in [0, 0.05) is 6.54 Å². The van der Waals surface area contributed by atoms with Gasteiger partial charge in [-0.2, -0.15) is 0 Å². The van der Waals surface area contributed by atoms with E-state index in [9.17, 15) is 4.79 Å². The molecule has 1 aromatic carbocycles. The summed E-state index contributed by atoms with van der Waals surface area (Å²) in [7, 11) is 0. The first kappa shape index (κ1) is 13.4. The summed E-state index contributed by atoms with van der Waals surface area (Å²) in [4.78, 5) is 12.2. The van der Waals surface area contributed by atoms with Crippen LogP contribution < -0.4 is 11.1 Å². The minimum absolute atomic E-state index is 0.118. The average molecular weight is 267 g/mol. The second kappa shape index (κ2) is 5.29. The molecule has 0 aliphatic heterocycles. The molecule has 98 valence electrons. The number of hydrogen-bond donors (Lipinski definition) is 2. The molecule has 1 aromatic rings. The van der Waals surface area contributed by atoms with Crippen LogP contribution >= 0.6 is 11.6 Å². The van der Waals surface area contributed by atoms with Crippen LogP contribution in [-0.2, 0) is 0 Å². The van der Waals surface area contributed by atoms with Crippen molar-refractivity contribution in [3.05, 3.63) is 34.3 Å². The molecule has 1 aliphatic carbocycles. The maximum atomic E-state index is 12.2. The van der Waals surface area contributed by atoms with Crippen molar-refractivity contribution in [2.45, 2.75) is 38.1 Å². The summed E-state index contributed by atoms with van der Waals surface area (Å²) in [6, 6.07) is 5.47. The van der Waals surface area contributed by atoms with Gasteiger partial charge in [-0.3, -0.25) is 4.79 Å². The second-order valence-electron chi connectivity index (χ2n) is 5.13. The van der Waals surface area contributed by atoms with Gasteiger partial charge in [-0.05, 0) is 37.5 Å². The molecule has 1 fully saturated rings. The van der Waals surface area contributed by atoms with Crippen LogP contribution in [0, 0.1) is 6.92 Å². The lowest BCUT2D eigenvalue weighted by atomic mass is 9.97. The normalized spacial score (nSPS) is 17.7. The molecule has 0 atom stereocenters. The number of hydrogen-bond acceptors (Lipinski definition) is 2. The molecule has 0 unspecified atom stereocenters. The second-order valence-corrected chi connectivity index (χ2v) is 5.54. The van der Waals surface area contributed by atoms with Crippen LogP contribution in [0.1, 0.15) is 41.6 Å². The van der Waals surface area contributed by atoms with E-state index < -0.39 is 0 Å². The number of halogens is 1. The van der Waals surface area contributed by atoms with Crippen molar-refractivity contribution >= 4 is 17.5 Å². The first-order valence-corrected chi connectivity index (χ1v) is 6.73. The highest BCUT2D eigenvalue weighted by atomic mass is 35.5. The summed E-state index contributed by atoms with van der Waals surface area (Å²) < 4.78 is 0. The topological polar surface area (TPSA) is 55.1 Å². The van der Waals surface area contributed by atoms with E-state index in [1.165, 1.54) is 0 Å². The molecule has 0 heterocycles. The summed E-state index contributed by atoms with van der Waals surface area (Å²) in [6.07, 6.45) is 4.16. The molecule has 2 rings (SSSR count). The van der Waals surface area contributed by atoms with E-state index in [0.717, 1.165) is 31.2 Å². The van der Waals surface area contributed by atoms with Gasteiger partial charge in [-0.25, -0.2) is 0 Å². The van der Waals surface area contributed by atoms with Gasteiger partial charge >= 0.3 is 0 Å². The Balaban J connectivity index is 2.16. The van der Waals surface area contributed by atoms with Gasteiger partial charge in [0.25, 0.3) is 5.91 Å². The van der Waals surface area contributed by atoms with Crippen LogP contribution in [0.25, 0.3) is 0 Å². The minimum Gasteiger partial charge on any atom is -0.345 e. The van der Waals surface area contributed by atoms with Crippen molar-refractivity contribution in [2.24, 2.45) is 5.73 Å². The molecule has 18 heavy (non-hydrogen) atoms. The molecule has 1 amide bonds. The number of nitrogens with one attached hydrogen (secondary N) is 1. The van der Waals surface area contributed by atoms with Crippen molar-refractivity contribution < 1.29 is 4.79 Å². The van der Waals surface area contributed by atoms with Crippen LogP contribution in [0.5, 0.6) is 0 Å². The Morgan fingerprint density at radius 1 is 1.44 bits per heavy atom. The molecule has 1 aliphatic rings. The third-order valence-corrected chi connectivity index (χ3v) is 4.01. The van der Waals surface area contributed by atoms with Crippen molar-refractivity contribution in [3.8, 4) is 0 Å². The monoisotopic (exact) mass is 266 g/mol. The van der Waals surface area contributed by atoms with Gasteiger partial charge in [-0.15, -0.1) is 0 Å². The molecule has 3 nitrogen and oxygen atoms in total. The number of nitrogens with two attached hydrogens (primary N) is 1. The fourth-order valence-corrected chi connectivity index (χ4v) is 2.87. The summed E-state index contributed by atoms with van der Waals surface area (Å²) in [5.41, 5.74) is 7.16. The van der Waals surface area contributed by atoms with Crippen molar-refractivity contribution in [3.63, 3.8) is 0 Å². The predicted molar refractivity (Wildman–Crippen MR) is 73.9 cm³/mol. The van der Waals surface area contributed by atoms with E-state index in [0.29, 0.717) is 17.1 Å². The van der Waals surface area contributed by atoms with Crippen LogP contribution in [0.3, 0.4) is 0 Å². The maximum absolute atomic E-state index is 12.2. The van der Waals surface area contributed by atoms with Crippen LogP contribution in [-0.4, -0.2) is 18.0 Å². The Labute approximate surface area is 113 Å². The zero-order valence-electron chi connectivity index (χ0n) is 10.6. The van der Waals surface area contributed by atoms with E-state index in [4.69, 9.17) is 17.3 Å². The van der Waals surface area contributed by atoms with E-state index >= 15 is 0 Å². The predicted octanol–water partition coefficient (Wildman–Crippen LogP) is 2.65. The third-order valence-electron chi connectivity index (χ3n) is 3.70. The lowest BCUT2D eigenvalue weighted by Crippen LogP contribution is -2.51. The van der Waals surface area contributed by atoms with Crippen LogP contribution in [0.15, 0.2) is 18.2 Å². The molecule has 0 aromatic heterocycles. The third kappa shape index (κ3) is 2.68. The average Bonchev–Trinajstić information content (AvgIpc) is 2.78. The number of carbonyl (C=O) groups excluding carboxylic acids is 1. The Kier molecular flexibility index (Phi) is 3.93. The van der Waals surface area contributed by atoms with E-state index in [-0.39, 0.29) is 11.4 Å². The van der Waals surface area contributed by atoms with E-state index in [1.807, 2.05) is 13.0 Å². The number of amides is 1. The van der Waals surface area contributed by atoms with Crippen molar-refractivity contribution in [2.75, 3.05) is 6.54 Å². The van der Waals surface area contributed by atoms with Crippen LogP contribution in [0.4, 0.5) is 0 Å². The maximum Gasteiger partial charge on any atom is 0.253 e. The molecule has 3 N–H and O–H groups in total. The first-order valence-electron chi connectivity index (χ1n) is 6.35. The number of rotatable bonds is 3. The van der Waals surface area contributed by atoms with Gasteiger partial charge in [0.2, 0.25) is 0 Å². The smallest absolute Gasteiger partial charge is 0.253 e. The van der Waals surface area contributed by atoms with Gasteiger partial charge in [0.05, 0.1) is 16.1 Å². The zero-order chi connectivity index (χ0) is 13.2. The lowest BCUT2D eigenvalue weighted by Gasteiger charge is -2.28. The summed E-state index contributed by atoms with van der Waals surface area (Å²) in [5.74, 6) is -0.118. The summed E-state index contributed by atoms with van der Waals surface area (Å²) >= 11 is 6.11. The van der Waals surface area contributed by atoms with E-state index in [2.05, 4.69) is 5.32 Å². The highest BCUT2D eigenvalue weighted by Crippen LogP contribution is 2.29. The Morgan fingerprint density at radius 2 is 2.11 bits per heavy atom. The minimum atomic E-state index is -0.231. The molecule has 0 radical (unpaired) electrons. The van der Waals surface area contributed by atoms with Gasteiger partial charge in [0.1, 0.15) is 0 Å². The number of benzene rings is 1. The summed E-state index contributed by atoms with van der Waals surface area (Å²) in [5, 5.41) is 3.57. The molecule has 0 saturated heterocycles. The summed E-state index contributed by atoms with van der Waals surface area (Å²) in [6.45, 7) is 2.44. The largest absolute Gasteiger partial charge is 0.345 e. The Hall–Kier alpha value is -1.06. The lowest BCUT2D eigenvalue weighted by molar-refractivity contribution is 0.0903. The molecule has 0 bridgehead atoms. The standard InChI is InChI=1S/C14H19ClN2O/c1-10-4-5-11(12(15)8-10)13(18)17-14(9-16)6-2-3-7-14/h4-5,8H,2-3,6-7,9,16H2,1H3,(H,17,18). The highest BCUT2D eigenvalue weighted by Gasteiger charge is 2.34. The molecular formula is C14H19ClN2O. The fraction of sp³-hybridized carbons (Fsp3) is 0.500. The SMILES string of the molecule is Cc1ccc(C(=O)NC2(CN)CCCC2)c(Cl)c1.